The van der Waals surface area contributed by atoms with Gasteiger partial charge in [-0.3, -0.25) is 9.79 Å². The molecule has 0 aliphatic carbocycles. The molecule has 0 unspecified atom stereocenters. The van der Waals surface area contributed by atoms with Crippen molar-refractivity contribution >= 4 is 11.9 Å². The maximum absolute atomic E-state index is 12.2. The standard InChI is InChI=1S/C18H30N4O2/c1-4-19-18(21-13-14-24-5-2)20-12-11-17(23)22(3)15-16-9-7-6-8-10-16/h6-10H,4-5,11-15H2,1-3H3,(H2,19,20,21). The molecule has 24 heavy (non-hydrogen) atoms. The van der Waals surface area contributed by atoms with Crippen LogP contribution in [-0.2, 0) is 16.1 Å². The number of nitrogens with one attached hydrogen (secondary N) is 2. The second-order valence-electron chi connectivity index (χ2n) is 5.37. The Labute approximate surface area is 145 Å². The van der Waals surface area contributed by atoms with Crippen LogP contribution in [0.4, 0.5) is 0 Å². The lowest BCUT2D eigenvalue weighted by molar-refractivity contribution is -0.130. The highest BCUT2D eigenvalue weighted by atomic mass is 16.5. The molecule has 0 saturated carbocycles. The zero-order valence-electron chi connectivity index (χ0n) is 15.0. The van der Waals surface area contributed by atoms with Crippen molar-refractivity contribution in [2.45, 2.75) is 26.8 Å². The van der Waals surface area contributed by atoms with E-state index in [9.17, 15) is 4.79 Å². The molecule has 6 nitrogen and oxygen atoms in total. The smallest absolute Gasteiger partial charge is 0.224 e. The number of rotatable bonds is 10. The first kappa shape index (κ1) is 20.0. The van der Waals surface area contributed by atoms with Gasteiger partial charge in [-0.1, -0.05) is 30.3 Å². The fourth-order valence-electron chi connectivity index (χ4n) is 2.13. The van der Waals surface area contributed by atoms with E-state index in [-0.39, 0.29) is 5.91 Å². The van der Waals surface area contributed by atoms with Crippen LogP contribution < -0.4 is 10.6 Å². The maximum Gasteiger partial charge on any atom is 0.224 e. The molecular weight excluding hydrogens is 304 g/mol. The molecule has 1 aromatic carbocycles. The van der Waals surface area contributed by atoms with Gasteiger partial charge in [-0.25, -0.2) is 0 Å². The van der Waals surface area contributed by atoms with Crippen LogP contribution in [0, 0.1) is 0 Å². The van der Waals surface area contributed by atoms with Crippen molar-refractivity contribution in [1.82, 2.24) is 15.5 Å². The number of benzene rings is 1. The van der Waals surface area contributed by atoms with Gasteiger partial charge in [0, 0.05) is 39.7 Å². The number of carbonyl (C=O) groups is 1. The van der Waals surface area contributed by atoms with E-state index >= 15 is 0 Å². The predicted octanol–water partition coefficient (Wildman–Crippen LogP) is 1.63. The summed E-state index contributed by atoms with van der Waals surface area (Å²) in [5.74, 6) is 0.826. The molecule has 1 amide bonds. The van der Waals surface area contributed by atoms with Gasteiger partial charge in [-0.15, -0.1) is 0 Å². The molecule has 1 aromatic rings. The van der Waals surface area contributed by atoms with E-state index in [0.29, 0.717) is 39.3 Å². The van der Waals surface area contributed by atoms with Gasteiger partial charge in [0.25, 0.3) is 0 Å². The van der Waals surface area contributed by atoms with E-state index in [1.807, 2.05) is 51.2 Å². The summed E-state index contributed by atoms with van der Waals surface area (Å²) in [5.41, 5.74) is 1.13. The molecule has 2 N–H and O–H groups in total. The van der Waals surface area contributed by atoms with E-state index in [1.54, 1.807) is 4.90 Å². The molecule has 0 aliphatic heterocycles. The fourth-order valence-corrected chi connectivity index (χ4v) is 2.13. The van der Waals surface area contributed by atoms with Gasteiger partial charge < -0.3 is 20.3 Å². The van der Waals surface area contributed by atoms with Crippen LogP contribution in [0.2, 0.25) is 0 Å². The largest absolute Gasteiger partial charge is 0.380 e. The Morgan fingerprint density at radius 1 is 1.21 bits per heavy atom. The first-order chi connectivity index (χ1) is 11.7. The van der Waals surface area contributed by atoms with Gasteiger partial charge in [-0.2, -0.15) is 0 Å². The summed E-state index contributed by atoms with van der Waals surface area (Å²) in [6, 6.07) is 9.99. The number of nitrogens with zero attached hydrogens (tertiary/aromatic N) is 2. The summed E-state index contributed by atoms with van der Waals surface area (Å²) in [5, 5.41) is 6.34. The molecule has 0 saturated heterocycles. The molecule has 0 heterocycles. The lowest BCUT2D eigenvalue weighted by atomic mass is 10.2. The lowest BCUT2D eigenvalue weighted by Crippen LogP contribution is -2.39. The van der Waals surface area contributed by atoms with E-state index in [0.717, 1.165) is 18.1 Å². The minimum absolute atomic E-state index is 0.108. The fraction of sp³-hybridized carbons (Fsp3) is 0.556. The van der Waals surface area contributed by atoms with Crippen molar-refractivity contribution in [3.05, 3.63) is 35.9 Å². The van der Waals surface area contributed by atoms with Crippen LogP contribution in [0.3, 0.4) is 0 Å². The molecule has 0 spiro atoms. The van der Waals surface area contributed by atoms with E-state index in [1.165, 1.54) is 0 Å². The van der Waals surface area contributed by atoms with E-state index < -0.39 is 0 Å². The van der Waals surface area contributed by atoms with Crippen LogP contribution in [-0.4, -0.2) is 56.7 Å². The molecule has 0 atom stereocenters. The quantitative estimate of drug-likeness (QED) is 0.388. The third-order valence-corrected chi connectivity index (χ3v) is 3.37. The van der Waals surface area contributed by atoms with Crippen molar-refractivity contribution in [1.29, 1.82) is 0 Å². The van der Waals surface area contributed by atoms with Gasteiger partial charge in [-0.05, 0) is 19.4 Å². The minimum atomic E-state index is 0.108. The first-order valence-electron chi connectivity index (χ1n) is 8.55. The number of hydrogen-bond acceptors (Lipinski definition) is 3. The number of aliphatic imine (C=N–C) groups is 1. The molecule has 0 bridgehead atoms. The third kappa shape index (κ3) is 8.53. The van der Waals surface area contributed by atoms with E-state index in [2.05, 4.69) is 15.6 Å². The number of hydrogen-bond donors (Lipinski definition) is 2. The zero-order valence-corrected chi connectivity index (χ0v) is 15.0. The molecule has 0 aromatic heterocycles. The Bertz CT molecular complexity index is 491. The number of carbonyl (C=O) groups excluding carboxylic acids is 1. The second-order valence-corrected chi connectivity index (χ2v) is 5.37. The van der Waals surface area contributed by atoms with Crippen LogP contribution >= 0.6 is 0 Å². The van der Waals surface area contributed by atoms with Crippen LogP contribution in [0.5, 0.6) is 0 Å². The van der Waals surface area contributed by atoms with Crippen molar-refractivity contribution < 1.29 is 9.53 Å². The molecule has 6 heteroatoms. The number of ether oxygens (including phenoxy) is 1. The zero-order chi connectivity index (χ0) is 17.6. The Hall–Kier alpha value is -2.08. The van der Waals surface area contributed by atoms with E-state index in [4.69, 9.17) is 4.74 Å². The highest BCUT2D eigenvalue weighted by Crippen LogP contribution is 2.03. The normalized spacial score (nSPS) is 11.2. The Balaban J connectivity index is 2.33. The summed E-state index contributed by atoms with van der Waals surface area (Å²) < 4.78 is 5.27. The average molecular weight is 334 g/mol. The van der Waals surface area contributed by atoms with Crippen LogP contribution in [0.25, 0.3) is 0 Å². The second kappa shape index (κ2) is 12.4. The summed E-state index contributed by atoms with van der Waals surface area (Å²) in [7, 11) is 1.83. The Kier molecular flexibility index (Phi) is 10.3. The Morgan fingerprint density at radius 2 is 1.96 bits per heavy atom. The summed E-state index contributed by atoms with van der Waals surface area (Å²) in [6.07, 6.45) is 0.430. The van der Waals surface area contributed by atoms with Gasteiger partial charge in [0.1, 0.15) is 0 Å². The van der Waals surface area contributed by atoms with Gasteiger partial charge >= 0.3 is 0 Å². The van der Waals surface area contributed by atoms with Gasteiger partial charge in [0.2, 0.25) is 5.91 Å². The predicted molar refractivity (Wildman–Crippen MR) is 98.0 cm³/mol. The molecule has 1 rings (SSSR count). The average Bonchev–Trinajstić information content (AvgIpc) is 2.59. The molecular formula is C18H30N4O2. The van der Waals surface area contributed by atoms with Crippen molar-refractivity contribution in [3.8, 4) is 0 Å². The van der Waals surface area contributed by atoms with Gasteiger partial charge in [0.15, 0.2) is 5.96 Å². The molecule has 0 radical (unpaired) electrons. The highest BCUT2D eigenvalue weighted by molar-refractivity contribution is 5.81. The topological polar surface area (TPSA) is 66.0 Å². The SMILES string of the molecule is CCNC(=NCCOCC)NCCC(=O)N(C)Cc1ccccc1. The third-order valence-electron chi connectivity index (χ3n) is 3.37. The minimum Gasteiger partial charge on any atom is -0.380 e. The maximum atomic E-state index is 12.2. The summed E-state index contributed by atoms with van der Waals surface area (Å²) in [6.45, 7) is 7.84. The summed E-state index contributed by atoms with van der Waals surface area (Å²) in [4.78, 5) is 18.3. The van der Waals surface area contributed by atoms with Crippen molar-refractivity contribution in [2.24, 2.45) is 4.99 Å². The van der Waals surface area contributed by atoms with Crippen molar-refractivity contribution in [3.63, 3.8) is 0 Å². The van der Waals surface area contributed by atoms with Gasteiger partial charge in [0.05, 0.1) is 13.2 Å². The van der Waals surface area contributed by atoms with Crippen LogP contribution in [0.1, 0.15) is 25.8 Å². The Morgan fingerprint density at radius 3 is 2.62 bits per heavy atom. The first-order valence-corrected chi connectivity index (χ1v) is 8.55. The summed E-state index contributed by atoms with van der Waals surface area (Å²) >= 11 is 0. The molecule has 0 aliphatic rings. The van der Waals surface area contributed by atoms with Crippen LogP contribution in [0.15, 0.2) is 35.3 Å². The number of guanidine groups is 1. The lowest BCUT2D eigenvalue weighted by Gasteiger charge is -2.18. The molecule has 134 valence electrons. The van der Waals surface area contributed by atoms with Crippen molar-refractivity contribution in [2.75, 3.05) is 39.9 Å². The monoisotopic (exact) mass is 334 g/mol. The highest BCUT2D eigenvalue weighted by Gasteiger charge is 2.09. The number of amides is 1. The molecule has 0 fully saturated rings.